The van der Waals surface area contributed by atoms with Crippen LogP contribution in [-0.2, 0) is 20.4 Å². The number of halogens is 6. The number of carbonyl (C=O) groups excluding carboxylic acids is 2. The van der Waals surface area contributed by atoms with Crippen molar-refractivity contribution in [1.29, 1.82) is 0 Å². The molecule has 256 valence electrons. The highest BCUT2D eigenvalue weighted by Crippen LogP contribution is 2.52. The van der Waals surface area contributed by atoms with Crippen LogP contribution in [0.3, 0.4) is 0 Å². The van der Waals surface area contributed by atoms with Crippen LogP contribution < -0.4 is 10.0 Å². The summed E-state index contributed by atoms with van der Waals surface area (Å²) >= 11 is 0. The molecule has 0 unspecified atom stereocenters. The number of fused-ring (bicyclic) bond motifs is 6. The zero-order valence-corrected chi connectivity index (χ0v) is 27.4. The van der Waals surface area contributed by atoms with E-state index in [0.717, 1.165) is 21.6 Å². The van der Waals surface area contributed by atoms with Crippen molar-refractivity contribution in [3.8, 4) is 0 Å². The molecule has 0 amide bonds. The van der Waals surface area contributed by atoms with Crippen molar-refractivity contribution in [2.75, 3.05) is 18.0 Å². The number of Topliss-reactive ketones (excluding diaryl/α,β-unsaturated/α-hetero) is 2. The van der Waals surface area contributed by atoms with Crippen LogP contribution in [0.5, 0.6) is 0 Å². The van der Waals surface area contributed by atoms with E-state index in [-0.39, 0.29) is 22.8 Å². The van der Waals surface area contributed by atoms with Crippen molar-refractivity contribution in [3.63, 3.8) is 0 Å². The second-order valence-corrected chi connectivity index (χ2v) is 13.9. The topological polar surface area (TPSA) is 63.4 Å². The van der Waals surface area contributed by atoms with E-state index in [1.807, 2.05) is 0 Å². The average molecular weight is 689 g/mol. The van der Waals surface area contributed by atoms with Gasteiger partial charge in [-0.05, 0) is 42.3 Å². The molecule has 4 aromatic rings. The number of alkyl halides is 6. The Morgan fingerprint density at radius 1 is 0.720 bits per heavy atom. The third-order valence-electron chi connectivity index (χ3n) is 9.97. The number of benzene rings is 4. The van der Waals surface area contributed by atoms with E-state index in [1.54, 1.807) is 100 Å². The highest BCUT2D eigenvalue weighted by molar-refractivity contribution is 6.54. The maximum absolute atomic E-state index is 14.1. The minimum Gasteiger partial charge on any atom is -0.871 e. The Morgan fingerprint density at radius 2 is 1.30 bits per heavy atom. The number of ketones is 2. The van der Waals surface area contributed by atoms with Gasteiger partial charge in [-0.3, -0.25) is 9.59 Å². The fraction of sp³-hybridized carbons (Fsp3) is 0.256. The lowest BCUT2D eigenvalue weighted by atomic mass is 9.80. The number of hydrogen-bond acceptors (Lipinski definition) is 4. The molecule has 3 aliphatic rings. The maximum atomic E-state index is 14.1. The molecule has 0 atom stereocenters. The highest BCUT2D eigenvalue weighted by Gasteiger charge is 2.51. The van der Waals surface area contributed by atoms with Gasteiger partial charge >= 0.3 is 12.4 Å². The van der Waals surface area contributed by atoms with Crippen LogP contribution in [0, 0.1) is 0 Å². The van der Waals surface area contributed by atoms with Crippen molar-refractivity contribution >= 4 is 50.2 Å². The minimum absolute atomic E-state index is 0.0154. The average Bonchev–Trinajstić information content (AvgIpc) is 3.47. The van der Waals surface area contributed by atoms with E-state index < -0.39 is 64.7 Å². The molecule has 0 bridgehead atoms. The predicted molar refractivity (Wildman–Crippen MR) is 176 cm³/mol. The van der Waals surface area contributed by atoms with E-state index in [0.29, 0.717) is 32.7 Å². The van der Waals surface area contributed by atoms with Gasteiger partial charge in [-0.1, -0.05) is 86.3 Å². The van der Waals surface area contributed by atoms with E-state index in [2.05, 4.69) is 0 Å². The molecule has 0 aromatic heterocycles. The van der Waals surface area contributed by atoms with Crippen LogP contribution in [0.25, 0.3) is 21.5 Å². The quantitative estimate of drug-likeness (QED) is 0.0948. The van der Waals surface area contributed by atoms with Gasteiger partial charge in [-0.25, -0.2) is 0 Å². The first-order chi connectivity index (χ1) is 23.3. The summed E-state index contributed by atoms with van der Waals surface area (Å²) in [4.78, 5) is 28.0. The van der Waals surface area contributed by atoms with Gasteiger partial charge in [0.2, 0.25) is 23.8 Å². The first-order valence-corrected chi connectivity index (χ1v) is 15.9. The van der Waals surface area contributed by atoms with Gasteiger partial charge in [-0.2, -0.15) is 30.9 Å². The molecule has 5 nitrogen and oxygen atoms in total. The summed E-state index contributed by atoms with van der Waals surface area (Å²) in [5.74, 6) is -3.54. The Balaban J connectivity index is 1.43. The van der Waals surface area contributed by atoms with Crippen molar-refractivity contribution in [3.05, 3.63) is 119 Å². The standard InChI is InChI=1S/C39H30F6N2O3/c1-36(2)27-15-13-21-9-5-7-11-23(21)31(27)46(19-38(40,41)42)29(36)17-25-33(48)26(35(50)34(25)49)18-30-37(3,4)28-16-14-22-10-6-8-12-24(22)32(28)47(30)20-39(43,44)45/h5-18H,19-20H2,1-4H3. The van der Waals surface area contributed by atoms with Crippen molar-refractivity contribution in [1.82, 2.24) is 0 Å². The molecule has 0 saturated carbocycles. The number of hydrogen-bond donors (Lipinski definition) is 0. The van der Waals surface area contributed by atoms with Crippen molar-refractivity contribution in [2.45, 2.75) is 50.9 Å². The van der Waals surface area contributed by atoms with E-state index >= 15 is 0 Å². The monoisotopic (exact) mass is 688 g/mol. The smallest absolute Gasteiger partial charge is 0.448 e. The first-order valence-electron chi connectivity index (χ1n) is 15.9. The number of rotatable bonds is 4. The second kappa shape index (κ2) is 10.9. The van der Waals surface area contributed by atoms with Crippen LogP contribution in [0.2, 0.25) is 0 Å². The molecule has 2 heterocycles. The van der Waals surface area contributed by atoms with E-state index in [1.165, 1.54) is 0 Å². The third-order valence-corrected chi connectivity index (χ3v) is 9.97. The first kappa shape index (κ1) is 33.3. The Morgan fingerprint density at radius 3 is 1.92 bits per heavy atom. The Kier molecular flexibility index (Phi) is 7.27. The van der Waals surface area contributed by atoms with Crippen molar-refractivity contribution < 1.29 is 45.6 Å². The second-order valence-electron chi connectivity index (χ2n) is 13.9. The molecule has 0 saturated heterocycles. The van der Waals surface area contributed by atoms with Gasteiger partial charge in [0.15, 0.2) is 5.71 Å². The molecule has 0 N–H and O–H groups in total. The lowest BCUT2D eigenvalue weighted by Crippen LogP contribution is -2.35. The molecule has 0 spiro atoms. The zero-order chi connectivity index (χ0) is 36.1. The predicted octanol–water partition coefficient (Wildman–Crippen LogP) is 7.87. The van der Waals surface area contributed by atoms with Gasteiger partial charge in [-0.15, -0.1) is 0 Å². The van der Waals surface area contributed by atoms with Crippen molar-refractivity contribution in [2.24, 2.45) is 0 Å². The molecular weight excluding hydrogens is 658 g/mol. The number of nitrogens with zero attached hydrogens (tertiary/aromatic N) is 2. The summed E-state index contributed by atoms with van der Waals surface area (Å²) in [6.45, 7) is 3.80. The third kappa shape index (κ3) is 5.13. The maximum Gasteiger partial charge on any atom is 0.448 e. The summed E-state index contributed by atoms with van der Waals surface area (Å²) in [6.07, 6.45) is -7.28. The van der Waals surface area contributed by atoms with Crippen LogP contribution in [0.1, 0.15) is 38.8 Å². The fourth-order valence-electron chi connectivity index (χ4n) is 7.63. The molecule has 7 rings (SSSR count). The molecule has 0 radical (unpaired) electrons. The molecule has 11 heteroatoms. The Labute approximate surface area is 283 Å². The van der Waals surface area contributed by atoms with Crippen LogP contribution >= 0.6 is 0 Å². The van der Waals surface area contributed by atoms with Crippen LogP contribution in [0.4, 0.5) is 37.7 Å². The van der Waals surface area contributed by atoms with Crippen LogP contribution in [0.15, 0.2) is 108 Å². The number of carbonyl (C=O) groups is 2. The molecule has 2 aliphatic heterocycles. The van der Waals surface area contributed by atoms with Gasteiger partial charge in [0.05, 0.1) is 16.5 Å². The Bertz CT molecular complexity index is 2300. The summed E-state index contributed by atoms with van der Waals surface area (Å²) < 4.78 is 85.8. The minimum atomic E-state index is -4.69. The van der Waals surface area contributed by atoms with Crippen LogP contribution in [-0.4, -0.2) is 47.3 Å². The molecule has 4 aromatic carbocycles. The molecule has 1 aliphatic carbocycles. The number of anilines is 1. The highest BCUT2D eigenvalue weighted by atomic mass is 19.4. The SMILES string of the molecule is CC1(C)C(/C=C2\C(=O)C(=O)C(/C=C3\N(CC(F)(F)F)c4c(ccc5ccccc45)C3(C)C)=C2[O-])=[N+](CC(F)(F)F)c2c1ccc1ccccc21. The van der Waals surface area contributed by atoms with E-state index in [9.17, 15) is 41.0 Å². The summed E-state index contributed by atoms with van der Waals surface area (Å²) in [7, 11) is 0. The van der Waals surface area contributed by atoms with E-state index in [4.69, 9.17) is 0 Å². The normalized spacial score (nSPS) is 20.3. The fourth-order valence-corrected chi connectivity index (χ4v) is 7.63. The Hall–Kier alpha value is -5.19. The lowest BCUT2D eigenvalue weighted by molar-refractivity contribution is -0.479. The van der Waals surface area contributed by atoms with Gasteiger partial charge in [0, 0.05) is 39.3 Å². The summed E-state index contributed by atoms with van der Waals surface area (Å²) in [5.41, 5.74) is -1.99. The van der Waals surface area contributed by atoms with Gasteiger partial charge < -0.3 is 10.0 Å². The zero-order valence-electron chi connectivity index (χ0n) is 27.4. The molecule has 50 heavy (non-hydrogen) atoms. The lowest BCUT2D eigenvalue weighted by Gasteiger charge is -2.28. The largest absolute Gasteiger partial charge is 0.871 e. The molecule has 0 fully saturated rings. The van der Waals surface area contributed by atoms with Gasteiger partial charge in [0.1, 0.15) is 6.54 Å². The van der Waals surface area contributed by atoms with Gasteiger partial charge in [0.25, 0.3) is 0 Å². The summed E-state index contributed by atoms with van der Waals surface area (Å²) in [6, 6.07) is 20.8. The molecular formula is C39H30F6N2O3. The number of allylic oxidation sites excluding steroid dienone is 5. The summed E-state index contributed by atoms with van der Waals surface area (Å²) in [5, 5.41) is 16.4.